The van der Waals surface area contributed by atoms with Crippen molar-refractivity contribution in [3.05, 3.63) is 0 Å². The Morgan fingerprint density at radius 1 is 1.40 bits per heavy atom. The Kier molecular flexibility index (Phi) is 6.76. The highest BCUT2D eigenvalue weighted by Crippen LogP contribution is 2.13. The normalized spacial score (nSPS) is 22.6. The van der Waals surface area contributed by atoms with Gasteiger partial charge in [0, 0.05) is 25.2 Å². The summed E-state index contributed by atoms with van der Waals surface area (Å²) in [6, 6.07) is 0. The summed E-state index contributed by atoms with van der Waals surface area (Å²) in [4.78, 5) is 2.27. The molecule has 3 nitrogen and oxygen atoms in total. The van der Waals surface area contributed by atoms with E-state index in [-0.39, 0.29) is 17.9 Å². The van der Waals surface area contributed by atoms with Crippen LogP contribution in [0.25, 0.3) is 0 Å². The molecule has 1 aliphatic rings. The maximum atomic E-state index is 5.96. The molecule has 92 valence electrons. The molecule has 2 N–H and O–H groups in total. The van der Waals surface area contributed by atoms with Gasteiger partial charge in [-0.15, -0.1) is 12.4 Å². The molecule has 1 unspecified atom stereocenters. The van der Waals surface area contributed by atoms with Gasteiger partial charge in [0.15, 0.2) is 0 Å². The van der Waals surface area contributed by atoms with Crippen LogP contribution in [0.4, 0.5) is 0 Å². The maximum Gasteiger partial charge on any atom is 0.0701 e. The lowest BCUT2D eigenvalue weighted by Gasteiger charge is -2.31. The zero-order chi connectivity index (χ0) is 10.6. The van der Waals surface area contributed by atoms with Gasteiger partial charge in [0.1, 0.15) is 0 Å². The molecule has 1 saturated heterocycles. The molecule has 0 amide bonds. The minimum absolute atomic E-state index is 0. The van der Waals surface area contributed by atoms with Crippen molar-refractivity contribution in [3.63, 3.8) is 0 Å². The molecule has 1 heterocycles. The van der Waals surface area contributed by atoms with Crippen molar-refractivity contribution in [2.45, 2.75) is 44.8 Å². The quantitative estimate of drug-likeness (QED) is 0.807. The highest BCUT2D eigenvalue weighted by Gasteiger charge is 2.19. The van der Waals surface area contributed by atoms with Crippen molar-refractivity contribution in [2.24, 2.45) is 5.73 Å². The van der Waals surface area contributed by atoms with Gasteiger partial charge in [0.25, 0.3) is 0 Å². The Morgan fingerprint density at radius 3 is 2.53 bits per heavy atom. The van der Waals surface area contributed by atoms with E-state index in [1.807, 2.05) is 0 Å². The Hall–Kier alpha value is 0.170. The molecule has 0 radical (unpaired) electrons. The minimum atomic E-state index is -0.108. The fourth-order valence-corrected chi connectivity index (χ4v) is 2.06. The number of halogens is 1. The predicted octanol–water partition coefficient (Wildman–Crippen LogP) is 1.65. The van der Waals surface area contributed by atoms with Crippen LogP contribution < -0.4 is 5.73 Å². The van der Waals surface area contributed by atoms with Crippen molar-refractivity contribution < 1.29 is 4.74 Å². The van der Waals surface area contributed by atoms with Crippen LogP contribution in [0.2, 0.25) is 0 Å². The smallest absolute Gasteiger partial charge is 0.0701 e. The standard InChI is InChI=1S/C11H24N2O.ClH/c1-11(2,12)9-13(3)8-10-6-4-5-7-14-10;/h10H,4-9,12H2,1-3H3;1H. The van der Waals surface area contributed by atoms with Crippen LogP contribution in [0.3, 0.4) is 0 Å². The summed E-state index contributed by atoms with van der Waals surface area (Å²) in [5.41, 5.74) is 5.85. The summed E-state index contributed by atoms with van der Waals surface area (Å²) < 4.78 is 5.68. The SMILES string of the molecule is CN(CC1CCCCO1)CC(C)(C)N.Cl. The number of hydrogen-bond donors (Lipinski definition) is 1. The molecular formula is C11H25ClN2O. The number of likely N-dealkylation sites (N-methyl/N-ethyl adjacent to an activating group) is 1. The lowest BCUT2D eigenvalue weighted by Crippen LogP contribution is -2.46. The van der Waals surface area contributed by atoms with E-state index in [4.69, 9.17) is 10.5 Å². The largest absolute Gasteiger partial charge is 0.377 e. The molecule has 0 spiro atoms. The van der Waals surface area contributed by atoms with Crippen molar-refractivity contribution in [1.29, 1.82) is 0 Å². The van der Waals surface area contributed by atoms with E-state index in [0.717, 1.165) is 19.7 Å². The molecule has 1 atom stereocenters. The Labute approximate surface area is 99.7 Å². The predicted molar refractivity (Wildman–Crippen MR) is 66.6 cm³/mol. The fourth-order valence-electron chi connectivity index (χ4n) is 2.06. The van der Waals surface area contributed by atoms with Crippen LogP contribution in [0.5, 0.6) is 0 Å². The lowest BCUT2D eigenvalue weighted by atomic mass is 10.1. The first-order chi connectivity index (χ1) is 6.47. The van der Waals surface area contributed by atoms with E-state index in [0.29, 0.717) is 6.10 Å². The molecule has 1 rings (SSSR count). The fraction of sp³-hybridized carbons (Fsp3) is 1.00. The number of ether oxygens (including phenoxy) is 1. The molecule has 15 heavy (non-hydrogen) atoms. The topological polar surface area (TPSA) is 38.5 Å². The molecular weight excluding hydrogens is 212 g/mol. The van der Waals surface area contributed by atoms with E-state index < -0.39 is 0 Å². The van der Waals surface area contributed by atoms with Crippen molar-refractivity contribution in [2.75, 3.05) is 26.7 Å². The van der Waals surface area contributed by atoms with Crippen molar-refractivity contribution >= 4 is 12.4 Å². The third kappa shape index (κ3) is 7.12. The van der Waals surface area contributed by atoms with Gasteiger partial charge in [0.2, 0.25) is 0 Å². The zero-order valence-electron chi connectivity index (χ0n) is 10.2. The Balaban J connectivity index is 0.00000196. The summed E-state index contributed by atoms with van der Waals surface area (Å²) in [5.74, 6) is 0. The highest BCUT2D eigenvalue weighted by atomic mass is 35.5. The number of nitrogens with zero attached hydrogens (tertiary/aromatic N) is 1. The van der Waals surface area contributed by atoms with E-state index >= 15 is 0 Å². The van der Waals surface area contributed by atoms with Crippen molar-refractivity contribution in [1.82, 2.24) is 4.90 Å². The molecule has 0 aromatic carbocycles. The van der Waals surface area contributed by atoms with Crippen LogP contribution in [-0.4, -0.2) is 43.3 Å². The first-order valence-electron chi connectivity index (χ1n) is 5.56. The summed E-state index contributed by atoms with van der Waals surface area (Å²) in [6.45, 7) is 6.99. The molecule has 0 saturated carbocycles. The summed E-state index contributed by atoms with van der Waals surface area (Å²) in [5, 5.41) is 0. The molecule has 1 aliphatic heterocycles. The van der Waals surface area contributed by atoms with Crippen LogP contribution in [0.1, 0.15) is 33.1 Å². The monoisotopic (exact) mass is 236 g/mol. The Bertz CT molecular complexity index is 164. The second-order valence-electron chi connectivity index (χ2n) is 5.17. The lowest BCUT2D eigenvalue weighted by molar-refractivity contribution is -0.00352. The van der Waals surface area contributed by atoms with E-state index in [1.165, 1.54) is 19.3 Å². The number of rotatable bonds is 4. The average Bonchev–Trinajstić information content (AvgIpc) is 2.02. The second kappa shape index (κ2) is 6.69. The number of nitrogens with two attached hydrogens (primary N) is 1. The highest BCUT2D eigenvalue weighted by molar-refractivity contribution is 5.85. The first-order valence-corrected chi connectivity index (χ1v) is 5.56. The second-order valence-corrected chi connectivity index (χ2v) is 5.17. The van der Waals surface area contributed by atoms with E-state index in [9.17, 15) is 0 Å². The summed E-state index contributed by atoms with van der Waals surface area (Å²) in [6.07, 6.45) is 4.17. The van der Waals surface area contributed by atoms with E-state index in [2.05, 4.69) is 25.8 Å². The van der Waals surface area contributed by atoms with Crippen molar-refractivity contribution in [3.8, 4) is 0 Å². The van der Waals surface area contributed by atoms with Gasteiger partial charge in [-0.2, -0.15) is 0 Å². The van der Waals surface area contributed by atoms with Crippen LogP contribution >= 0.6 is 12.4 Å². The van der Waals surface area contributed by atoms with Gasteiger partial charge in [-0.05, 0) is 40.2 Å². The minimum Gasteiger partial charge on any atom is -0.377 e. The summed E-state index contributed by atoms with van der Waals surface area (Å²) in [7, 11) is 2.12. The van der Waals surface area contributed by atoms with Crippen LogP contribution in [-0.2, 0) is 4.74 Å². The van der Waals surface area contributed by atoms with Gasteiger partial charge in [-0.3, -0.25) is 0 Å². The Morgan fingerprint density at radius 2 is 2.07 bits per heavy atom. The molecule has 0 aromatic heterocycles. The summed E-state index contributed by atoms with van der Waals surface area (Å²) >= 11 is 0. The van der Waals surface area contributed by atoms with Gasteiger partial charge in [-0.25, -0.2) is 0 Å². The third-order valence-corrected chi connectivity index (χ3v) is 2.47. The molecule has 0 bridgehead atoms. The van der Waals surface area contributed by atoms with Gasteiger partial charge in [-0.1, -0.05) is 0 Å². The van der Waals surface area contributed by atoms with Crippen LogP contribution in [0, 0.1) is 0 Å². The third-order valence-electron chi connectivity index (χ3n) is 2.47. The zero-order valence-corrected chi connectivity index (χ0v) is 11.0. The molecule has 0 aliphatic carbocycles. The molecule has 4 heteroatoms. The van der Waals surface area contributed by atoms with Gasteiger partial charge < -0.3 is 15.4 Å². The first kappa shape index (κ1) is 15.2. The van der Waals surface area contributed by atoms with E-state index in [1.54, 1.807) is 0 Å². The number of hydrogen-bond acceptors (Lipinski definition) is 3. The van der Waals surface area contributed by atoms with Gasteiger partial charge >= 0.3 is 0 Å². The average molecular weight is 237 g/mol. The molecule has 1 fully saturated rings. The van der Waals surface area contributed by atoms with Crippen LogP contribution in [0.15, 0.2) is 0 Å². The molecule has 0 aromatic rings. The maximum absolute atomic E-state index is 5.96. The van der Waals surface area contributed by atoms with Gasteiger partial charge in [0.05, 0.1) is 6.10 Å².